The van der Waals surface area contributed by atoms with Crippen molar-refractivity contribution in [3.63, 3.8) is 0 Å². The molecule has 1 N–H and O–H groups in total. The Morgan fingerprint density at radius 2 is 1.47 bits per heavy atom. The van der Waals surface area contributed by atoms with Gasteiger partial charge in [-0.15, -0.1) is 0 Å². The van der Waals surface area contributed by atoms with E-state index < -0.39 is 5.60 Å². The summed E-state index contributed by atoms with van der Waals surface area (Å²) in [5.74, 6) is 1.03. The predicted molar refractivity (Wildman–Crippen MR) is 135 cm³/mol. The standard InChI is InChI=1S/C26H30N6O4/c1-26(2,3)36-25(34)32-13-11-31(12-14-32)23(33)22-10-7-20(17-27-22)30-24-28-15-19(16-29-24)18-5-8-21(35-4)9-6-18/h5-10,15-17H,11-14H2,1-4H3,(H,28,29,30). The molecule has 0 radical (unpaired) electrons. The van der Waals surface area contributed by atoms with Crippen LogP contribution in [0.3, 0.4) is 0 Å². The van der Waals surface area contributed by atoms with Gasteiger partial charge < -0.3 is 24.6 Å². The molecule has 0 spiro atoms. The van der Waals surface area contributed by atoms with Crippen LogP contribution in [-0.4, -0.2) is 75.6 Å². The lowest BCUT2D eigenvalue weighted by atomic mass is 10.1. The summed E-state index contributed by atoms with van der Waals surface area (Å²) in [4.78, 5) is 41.4. The molecule has 0 saturated carbocycles. The molecule has 2 aromatic heterocycles. The molecule has 3 aromatic rings. The van der Waals surface area contributed by atoms with Gasteiger partial charge in [0.25, 0.3) is 5.91 Å². The van der Waals surface area contributed by atoms with E-state index in [4.69, 9.17) is 9.47 Å². The van der Waals surface area contributed by atoms with Crippen LogP contribution in [0.4, 0.5) is 16.4 Å². The molecule has 0 unspecified atom stereocenters. The molecule has 10 heteroatoms. The highest BCUT2D eigenvalue weighted by Crippen LogP contribution is 2.22. The SMILES string of the molecule is COc1ccc(-c2cnc(Nc3ccc(C(=O)N4CCN(C(=O)OC(C)(C)C)CC4)nc3)nc2)cc1. The number of rotatable bonds is 5. The number of ether oxygens (including phenoxy) is 2. The Labute approximate surface area is 210 Å². The van der Waals surface area contributed by atoms with Crippen molar-refractivity contribution in [2.75, 3.05) is 38.6 Å². The first-order valence-corrected chi connectivity index (χ1v) is 11.7. The maximum absolute atomic E-state index is 12.9. The van der Waals surface area contributed by atoms with Crippen LogP contribution in [0.1, 0.15) is 31.3 Å². The number of hydrogen-bond acceptors (Lipinski definition) is 8. The number of pyridine rings is 1. The van der Waals surface area contributed by atoms with Gasteiger partial charge in [0.15, 0.2) is 0 Å². The lowest BCUT2D eigenvalue weighted by molar-refractivity contribution is 0.0140. The van der Waals surface area contributed by atoms with Crippen LogP contribution >= 0.6 is 0 Å². The summed E-state index contributed by atoms with van der Waals surface area (Å²) in [6, 6.07) is 11.1. The Bertz CT molecular complexity index is 1180. The second-order valence-electron chi connectivity index (χ2n) is 9.34. The minimum absolute atomic E-state index is 0.175. The van der Waals surface area contributed by atoms with Crippen molar-refractivity contribution in [1.29, 1.82) is 0 Å². The molecule has 0 bridgehead atoms. The average molecular weight is 491 g/mol. The van der Waals surface area contributed by atoms with Crippen molar-refractivity contribution in [2.45, 2.75) is 26.4 Å². The summed E-state index contributed by atoms with van der Waals surface area (Å²) >= 11 is 0. The van der Waals surface area contributed by atoms with Gasteiger partial charge in [-0.25, -0.2) is 19.7 Å². The Hall–Kier alpha value is -4.21. The number of carbonyl (C=O) groups is 2. The van der Waals surface area contributed by atoms with Crippen molar-refractivity contribution < 1.29 is 19.1 Å². The maximum Gasteiger partial charge on any atom is 0.410 e. The lowest BCUT2D eigenvalue weighted by Gasteiger charge is -2.35. The third kappa shape index (κ3) is 6.26. The number of hydrogen-bond donors (Lipinski definition) is 1. The van der Waals surface area contributed by atoms with E-state index in [1.807, 2.05) is 45.0 Å². The molecule has 188 valence electrons. The zero-order valence-corrected chi connectivity index (χ0v) is 20.9. The van der Waals surface area contributed by atoms with Crippen LogP contribution in [0.5, 0.6) is 5.75 Å². The number of benzene rings is 1. The van der Waals surface area contributed by atoms with E-state index in [0.717, 1.165) is 16.9 Å². The predicted octanol–water partition coefficient (Wildman–Crippen LogP) is 3.98. The van der Waals surface area contributed by atoms with Gasteiger partial charge in [0.1, 0.15) is 17.0 Å². The highest BCUT2D eigenvalue weighted by atomic mass is 16.6. The van der Waals surface area contributed by atoms with E-state index in [0.29, 0.717) is 43.5 Å². The highest BCUT2D eigenvalue weighted by Gasteiger charge is 2.28. The summed E-state index contributed by atoms with van der Waals surface area (Å²) in [6.45, 7) is 7.19. The quantitative estimate of drug-likeness (QED) is 0.572. The van der Waals surface area contributed by atoms with Gasteiger partial charge in [-0.05, 0) is 50.6 Å². The molecule has 1 saturated heterocycles. The highest BCUT2D eigenvalue weighted by molar-refractivity contribution is 5.92. The first-order valence-electron chi connectivity index (χ1n) is 11.7. The molecule has 1 aromatic carbocycles. The molecule has 0 atom stereocenters. The van der Waals surface area contributed by atoms with Crippen LogP contribution in [-0.2, 0) is 4.74 Å². The minimum Gasteiger partial charge on any atom is -0.497 e. The summed E-state index contributed by atoms with van der Waals surface area (Å²) in [5.41, 5.74) is 2.32. The van der Waals surface area contributed by atoms with Crippen molar-refractivity contribution in [3.05, 3.63) is 60.7 Å². The van der Waals surface area contributed by atoms with Crippen molar-refractivity contribution in [2.24, 2.45) is 0 Å². The number of anilines is 2. The number of aromatic nitrogens is 3. The molecule has 4 rings (SSSR count). The monoisotopic (exact) mass is 490 g/mol. The maximum atomic E-state index is 12.9. The average Bonchev–Trinajstić information content (AvgIpc) is 2.88. The Morgan fingerprint density at radius 1 is 0.833 bits per heavy atom. The summed E-state index contributed by atoms with van der Waals surface area (Å²) in [6.07, 6.45) is 4.69. The largest absolute Gasteiger partial charge is 0.497 e. The van der Waals surface area contributed by atoms with Crippen molar-refractivity contribution in [3.8, 4) is 16.9 Å². The molecule has 0 aliphatic carbocycles. The van der Waals surface area contributed by atoms with E-state index in [1.54, 1.807) is 47.6 Å². The third-order valence-electron chi connectivity index (χ3n) is 5.53. The molecule has 1 aliphatic rings. The summed E-state index contributed by atoms with van der Waals surface area (Å²) in [5, 5.41) is 3.10. The zero-order valence-electron chi connectivity index (χ0n) is 20.9. The van der Waals surface area contributed by atoms with Crippen molar-refractivity contribution in [1.82, 2.24) is 24.8 Å². The fourth-order valence-corrected chi connectivity index (χ4v) is 3.63. The topological polar surface area (TPSA) is 110 Å². The number of piperazine rings is 1. The summed E-state index contributed by atoms with van der Waals surface area (Å²) in [7, 11) is 1.63. The second kappa shape index (κ2) is 10.6. The Kier molecular flexibility index (Phi) is 7.33. The number of methoxy groups -OCH3 is 1. The normalized spacial score (nSPS) is 13.8. The molecule has 10 nitrogen and oxygen atoms in total. The number of nitrogens with one attached hydrogen (secondary N) is 1. The zero-order chi connectivity index (χ0) is 25.7. The minimum atomic E-state index is -0.548. The van der Waals surface area contributed by atoms with Crippen LogP contribution in [0.2, 0.25) is 0 Å². The number of carbonyl (C=O) groups excluding carboxylic acids is 2. The number of nitrogens with zero attached hydrogens (tertiary/aromatic N) is 5. The lowest BCUT2D eigenvalue weighted by Crippen LogP contribution is -2.51. The second-order valence-corrected chi connectivity index (χ2v) is 9.34. The van der Waals surface area contributed by atoms with Gasteiger partial charge >= 0.3 is 6.09 Å². The van der Waals surface area contributed by atoms with Crippen LogP contribution in [0.25, 0.3) is 11.1 Å². The first-order chi connectivity index (χ1) is 17.2. The van der Waals surface area contributed by atoms with E-state index in [9.17, 15) is 9.59 Å². The van der Waals surface area contributed by atoms with Crippen LogP contribution in [0, 0.1) is 0 Å². The van der Waals surface area contributed by atoms with E-state index >= 15 is 0 Å². The molecule has 36 heavy (non-hydrogen) atoms. The fraction of sp³-hybridized carbons (Fsp3) is 0.346. The molecular weight excluding hydrogens is 460 g/mol. The van der Waals surface area contributed by atoms with Gasteiger partial charge in [-0.2, -0.15) is 0 Å². The van der Waals surface area contributed by atoms with E-state index in [2.05, 4.69) is 20.3 Å². The fourth-order valence-electron chi connectivity index (χ4n) is 3.63. The molecule has 1 fully saturated rings. The van der Waals surface area contributed by atoms with E-state index in [-0.39, 0.29) is 12.0 Å². The van der Waals surface area contributed by atoms with Crippen LogP contribution in [0.15, 0.2) is 55.0 Å². The molecule has 2 amide bonds. The van der Waals surface area contributed by atoms with Crippen LogP contribution < -0.4 is 10.1 Å². The smallest absolute Gasteiger partial charge is 0.410 e. The number of amides is 2. The van der Waals surface area contributed by atoms with Crippen molar-refractivity contribution >= 4 is 23.6 Å². The molecular formula is C26H30N6O4. The van der Waals surface area contributed by atoms with Gasteiger partial charge in [-0.1, -0.05) is 12.1 Å². The molecule has 1 aliphatic heterocycles. The first kappa shape index (κ1) is 24.9. The Balaban J connectivity index is 1.31. The Morgan fingerprint density at radius 3 is 2.03 bits per heavy atom. The molecule has 3 heterocycles. The third-order valence-corrected chi connectivity index (χ3v) is 5.53. The van der Waals surface area contributed by atoms with E-state index in [1.165, 1.54) is 0 Å². The van der Waals surface area contributed by atoms with Gasteiger partial charge in [0.2, 0.25) is 5.95 Å². The summed E-state index contributed by atoms with van der Waals surface area (Å²) < 4.78 is 10.6. The van der Waals surface area contributed by atoms with Gasteiger partial charge in [-0.3, -0.25) is 4.79 Å². The van der Waals surface area contributed by atoms with Gasteiger partial charge in [0, 0.05) is 44.1 Å². The van der Waals surface area contributed by atoms with Gasteiger partial charge in [0.05, 0.1) is 19.0 Å².